The van der Waals surface area contributed by atoms with Crippen molar-refractivity contribution in [2.45, 2.75) is 6.92 Å². The lowest BCUT2D eigenvalue weighted by Crippen LogP contribution is -2.01. The number of hydrogen-bond donors (Lipinski definition) is 1. The molecular formula is C12H11NO3. The van der Waals surface area contributed by atoms with Gasteiger partial charge in [-0.1, -0.05) is 18.2 Å². The summed E-state index contributed by atoms with van der Waals surface area (Å²) in [6.07, 6.45) is 0. The highest BCUT2D eigenvalue weighted by Gasteiger charge is 2.08. The Balaban J connectivity index is 2.63. The second-order valence-electron chi connectivity index (χ2n) is 3.26. The van der Waals surface area contributed by atoms with E-state index in [0.717, 1.165) is 5.39 Å². The van der Waals surface area contributed by atoms with E-state index in [1.54, 1.807) is 12.1 Å². The van der Waals surface area contributed by atoms with E-state index in [4.69, 9.17) is 9.84 Å². The Morgan fingerprint density at radius 1 is 1.38 bits per heavy atom. The predicted molar refractivity (Wildman–Crippen MR) is 59.9 cm³/mol. The number of carboxylic acid groups (broad SMARTS) is 1. The van der Waals surface area contributed by atoms with Crippen LogP contribution in [-0.4, -0.2) is 22.7 Å². The van der Waals surface area contributed by atoms with Gasteiger partial charge in [0.1, 0.15) is 17.0 Å². The number of ether oxygens (including phenoxy) is 1. The van der Waals surface area contributed by atoms with Gasteiger partial charge in [-0.2, -0.15) is 0 Å². The molecule has 1 heterocycles. The van der Waals surface area contributed by atoms with Crippen LogP contribution in [-0.2, 0) is 0 Å². The largest absolute Gasteiger partial charge is 0.492 e. The minimum atomic E-state index is -1.03. The second kappa shape index (κ2) is 4.18. The van der Waals surface area contributed by atoms with Crippen molar-refractivity contribution in [2.24, 2.45) is 0 Å². The maximum atomic E-state index is 10.8. The fourth-order valence-electron chi connectivity index (χ4n) is 1.51. The molecule has 0 aliphatic rings. The average molecular weight is 217 g/mol. The Morgan fingerprint density at radius 2 is 2.19 bits per heavy atom. The summed E-state index contributed by atoms with van der Waals surface area (Å²) in [5, 5.41) is 9.73. The summed E-state index contributed by atoms with van der Waals surface area (Å²) < 4.78 is 5.40. The molecule has 2 aromatic rings. The van der Waals surface area contributed by atoms with Crippen LogP contribution in [0.4, 0.5) is 0 Å². The van der Waals surface area contributed by atoms with Crippen LogP contribution in [0.25, 0.3) is 10.9 Å². The van der Waals surface area contributed by atoms with E-state index < -0.39 is 5.97 Å². The first-order valence-electron chi connectivity index (χ1n) is 4.98. The number of aromatic carboxylic acids is 1. The maximum Gasteiger partial charge on any atom is 0.354 e. The lowest BCUT2D eigenvalue weighted by atomic mass is 10.2. The molecule has 1 aromatic heterocycles. The summed E-state index contributed by atoms with van der Waals surface area (Å²) >= 11 is 0. The molecule has 4 nitrogen and oxygen atoms in total. The lowest BCUT2D eigenvalue weighted by Gasteiger charge is -2.06. The Kier molecular flexibility index (Phi) is 2.72. The van der Waals surface area contributed by atoms with E-state index in [9.17, 15) is 4.79 Å². The van der Waals surface area contributed by atoms with Crippen molar-refractivity contribution in [1.29, 1.82) is 0 Å². The number of carboxylic acids is 1. The smallest absolute Gasteiger partial charge is 0.354 e. The van der Waals surface area contributed by atoms with Crippen LogP contribution in [0.5, 0.6) is 5.75 Å². The van der Waals surface area contributed by atoms with Gasteiger partial charge in [0.25, 0.3) is 0 Å². The number of fused-ring (bicyclic) bond motifs is 1. The van der Waals surface area contributed by atoms with Crippen LogP contribution in [0, 0.1) is 0 Å². The number of nitrogens with zero attached hydrogens (tertiary/aromatic N) is 1. The van der Waals surface area contributed by atoms with Gasteiger partial charge in [0.15, 0.2) is 0 Å². The molecule has 0 unspecified atom stereocenters. The third kappa shape index (κ3) is 1.82. The minimum Gasteiger partial charge on any atom is -0.492 e. The molecule has 0 bridgehead atoms. The third-order valence-corrected chi connectivity index (χ3v) is 2.20. The highest BCUT2D eigenvalue weighted by Crippen LogP contribution is 2.23. The molecule has 0 saturated carbocycles. The second-order valence-corrected chi connectivity index (χ2v) is 3.26. The topological polar surface area (TPSA) is 59.4 Å². The van der Waals surface area contributed by atoms with Gasteiger partial charge < -0.3 is 9.84 Å². The molecule has 0 amide bonds. The summed E-state index contributed by atoms with van der Waals surface area (Å²) in [6.45, 7) is 2.40. The van der Waals surface area contributed by atoms with Crippen LogP contribution in [0.3, 0.4) is 0 Å². The number of pyridine rings is 1. The molecule has 0 spiro atoms. The fraction of sp³-hybridized carbons (Fsp3) is 0.167. The molecule has 0 radical (unpaired) electrons. The van der Waals surface area contributed by atoms with Gasteiger partial charge in [0.05, 0.1) is 6.61 Å². The van der Waals surface area contributed by atoms with Crippen LogP contribution in [0.2, 0.25) is 0 Å². The van der Waals surface area contributed by atoms with E-state index in [-0.39, 0.29) is 5.69 Å². The number of benzene rings is 1. The summed E-state index contributed by atoms with van der Waals surface area (Å²) in [5.41, 5.74) is 0.615. The third-order valence-electron chi connectivity index (χ3n) is 2.20. The van der Waals surface area contributed by atoms with Gasteiger partial charge in [0, 0.05) is 5.39 Å². The molecule has 16 heavy (non-hydrogen) atoms. The molecule has 0 aliphatic heterocycles. The minimum absolute atomic E-state index is 0.0275. The van der Waals surface area contributed by atoms with Gasteiger partial charge in [-0.05, 0) is 19.1 Å². The Hall–Kier alpha value is -2.10. The van der Waals surface area contributed by atoms with Gasteiger partial charge >= 0.3 is 5.97 Å². The molecule has 0 fully saturated rings. The number of para-hydroxylation sites is 1. The predicted octanol–water partition coefficient (Wildman–Crippen LogP) is 2.33. The van der Waals surface area contributed by atoms with Crippen molar-refractivity contribution < 1.29 is 14.6 Å². The summed E-state index contributed by atoms with van der Waals surface area (Å²) in [4.78, 5) is 14.9. The van der Waals surface area contributed by atoms with E-state index >= 15 is 0 Å². The molecule has 0 aliphatic carbocycles. The van der Waals surface area contributed by atoms with E-state index in [2.05, 4.69) is 4.98 Å². The molecule has 1 N–H and O–H groups in total. The molecule has 0 saturated heterocycles. The first kappa shape index (κ1) is 10.4. The van der Waals surface area contributed by atoms with Gasteiger partial charge in [-0.15, -0.1) is 0 Å². The Bertz CT molecular complexity index is 537. The normalized spacial score (nSPS) is 10.3. The summed E-state index contributed by atoms with van der Waals surface area (Å²) in [6, 6.07) is 8.73. The number of aromatic nitrogens is 1. The SMILES string of the molecule is CCOc1cccc2ccc(C(=O)O)nc12. The summed E-state index contributed by atoms with van der Waals surface area (Å²) in [7, 11) is 0. The Labute approximate surface area is 92.5 Å². The maximum absolute atomic E-state index is 10.8. The monoisotopic (exact) mass is 217 g/mol. The van der Waals surface area contributed by atoms with E-state index in [1.807, 2.05) is 19.1 Å². The van der Waals surface area contributed by atoms with Crippen molar-refractivity contribution >= 4 is 16.9 Å². The number of hydrogen-bond acceptors (Lipinski definition) is 3. The molecule has 0 atom stereocenters. The van der Waals surface area contributed by atoms with Crippen LogP contribution >= 0.6 is 0 Å². The van der Waals surface area contributed by atoms with Crippen molar-refractivity contribution in [3.8, 4) is 5.75 Å². The average Bonchev–Trinajstić information content (AvgIpc) is 2.29. The van der Waals surface area contributed by atoms with Crippen LogP contribution in [0.15, 0.2) is 30.3 Å². The zero-order chi connectivity index (χ0) is 11.5. The highest BCUT2D eigenvalue weighted by atomic mass is 16.5. The first-order chi connectivity index (χ1) is 7.72. The highest BCUT2D eigenvalue weighted by molar-refractivity contribution is 5.91. The van der Waals surface area contributed by atoms with Crippen molar-refractivity contribution in [1.82, 2.24) is 4.98 Å². The van der Waals surface area contributed by atoms with E-state index in [0.29, 0.717) is 17.9 Å². The first-order valence-corrected chi connectivity index (χ1v) is 4.98. The molecule has 4 heteroatoms. The lowest BCUT2D eigenvalue weighted by molar-refractivity contribution is 0.0691. The molecular weight excluding hydrogens is 206 g/mol. The van der Waals surface area contributed by atoms with Crippen molar-refractivity contribution in [3.63, 3.8) is 0 Å². The zero-order valence-corrected chi connectivity index (χ0v) is 8.80. The fourth-order valence-corrected chi connectivity index (χ4v) is 1.51. The van der Waals surface area contributed by atoms with Crippen molar-refractivity contribution in [3.05, 3.63) is 36.0 Å². The van der Waals surface area contributed by atoms with Crippen molar-refractivity contribution in [2.75, 3.05) is 6.61 Å². The van der Waals surface area contributed by atoms with Gasteiger partial charge in [-0.25, -0.2) is 9.78 Å². The molecule has 2 rings (SSSR count). The Morgan fingerprint density at radius 3 is 2.88 bits per heavy atom. The van der Waals surface area contributed by atoms with Crippen LogP contribution < -0.4 is 4.74 Å². The molecule has 82 valence electrons. The quantitative estimate of drug-likeness (QED) is 0.857. The number of carbonyl (C=O) groups is 1. The zero-order valence-electron chi connectivity index (χ0n) is 8.80. The molecule has 1 aromatic carbocycles. The summed E-state index contributed by atoms with van der Waals surface area (Å²) in [5.74, 6) is -0.420. The van der Waals surface area contributed by atoms with Gasteiger partial charge in [-0.3, -0.25) is 0 Å². The number of rotatable bonds is 3. The standard InChI is InChI=1S/C12H11NO3/c1-2-16-10-5-3-4-8-6-7-9(12(14)15)13-11(8)10/h3-7H,2H2,1H3,(H,14,15). The van der Waals surface area contributed by atoms with E-state index in [1.165, 1.54) is 6.07 Å². The van der Waals surface area contributed by atoms with Gasteiger partial charge in [0.2, 0.25) is 0 Å². The van der Waals surface area contributed by atoms with Crippen LogP contribution in [0.1, 0.15) is 17.4 Å².